The first-order valence-corrected chi connectivity index (χ1v) is 23.6. The molecule has 0 radical (unpaired) electrons. The number of aliphatic hydroxyl groups excluding tert-OH is 2. The van der Waals surface area contributed by atoms with Crippen LogP contribution in [0.15, 0.2) is 12.2 Å². The number of allylic oxidation sites excluding steroid dienone is 1. The molecule has 0 aromatic carbocycles. The third-order valence-corrected chi connectivity index (χ3v) is 11.0. The molecule has 1 aliphatic rings. The van der Waals surface area contributed by atoms with Crippen molar-refractivity contribution in [1.82, 2.24) is 0 Å². The fourth-order valence-corrected chi connectivity index (χ4v) is 7.27. The normalized spacial score (nSPS) is 17.7. The highest BCUT2D eigenvalue weighted by Gasteiger charge is 2.36. The first-order valence-electron chi connectivity index (χ1n) is 22.1. The van der Waals surface area contributed by atoms with E-state index in [-0.39, 0.29) is 19.4 Å². The molecule has 1 fully saturated rings. The standard InChI is InChI=1S/C43H81O11P/c1-4-5-23-29-40-41(54-40)30-25-20-16-13-14-18-22-27-32-43(47)53-39(36-52-55(48,49)51-34-38(45)33-44)35-50-42(46)31-26-21-17-12-10-8-6-7-9-11-15-19-24-28-37(2)3/h20,25,37-41,44-45H,4-19,21-24,26-36H2,1-3H3,(H,48,49)/b25-20-/t38-,39+,40?,41?/m0/s1. The van der Waals surface area contributed by atoms with Crippen LogP contribution in [0.2, 0.25) is 0 Å². The van der Waals surface area contributed by atoms with Gasteiger partial charge in [-0.3, -0.25) is 18.6 Å². The summed E-state index contributed by atoms with van der Waals surface area (Å²) in [5, 5.41) is 18.3. The zero-order valence-corrected chi connectivity index (χ0v) is 35.9. The maximum Gasteiger partial charge on any atom is 0.472 e. The van der Waals surface area contributed by atoms with Crippen molar-refractivity contribution < 1.29 is 52.5 Å². The predicted molar refractivity (Wildman–Crippen MR) is 219 cm³/mol. The van der Waals surface area contributed by atoms with Gasteiger partial charge in [0.15, 0.2) is 6.10 Å². The summed E-state index contributed by atoms with van der Waals surface area (Å²) in [6, 6.07) is 0. The Bertz CT molecular complexity index is 1010. The number of aliphatic hydroxyl groups is 2. The van der Waals surface area contributed by atoms with E-state index in [1.54, 1.807) is 0 Å². The maximum absolute atomic E-state index is 12.6. The molecule has 0 aliphatic carbocycles. The molecule has 11 nitrogen and oxygen atoms in total. The lowest BCUT2D eigenvalue weighted by atomic mass is 10.0. The van der Waals surface area contributed by atoms with Crippen LogP contribution < -0.4 is 0 Å². The van der Waals surface area contributed by atoms with Gasteiger partial charge in [0.05, 0.1) is 32.0 Å². The van der Waals surface area contributed by atoms with E-state index in [1.807, 2.05) is 0 Å². The Labute approximate surface area is 334 Å². The molecular formula is C43H81O11P. The molecule has 324 valence electrons. The number of rotatable bonds is 40. The van der Waals surface area contributed by atoms with Gasteiger partial charge in [0, 0.05) is 12.8 Å². The Morgan fingerprint density at radius 2 is 1.24 bits per heavy atom. The number of carbonyl (C=O) groups excluding carboxylic acids is 2. The third-order valence-electron chi connectivity index (χ3n) is 10.0. The number of ether oxygens (including phenoxy) is 3. The minimum Gasteiger partial charge on any atom is -0.462 e. The molecule has 3 unspecified atom stereocenters. The number of esters is 2. The van der Waals surface area contributed by atoms with Crippen molar-refractivity contribution in [2.24, 2.45) is 5.92 Å². The lowest BCUT2D eigenvalue weighted by Gasteiger charge is -2.20. The fourth-order valence-electron chi connectivity index (χ4n) is 6.48. The Morgan fingerprint density at radius 3 is 1.82 bits per heavy atom. The summed E-state index contributed by atoms with van der Waals surface area (Å²) < 4.78 is 38.5. The number of phosphoric ester groups is 1. The van der Waals surface area contributed by atoms with Gasteiger partial charge >= 0.3 is 19.8 Å². The molecule has 0 bridgehead atoms. The zero-order valence-electron chi connectivity index (χ0n) is 35.0. The molecule has 0 spiro atoms. The number of hydrogen-bond acceptors (Lipinski definition) is 10. The van der Waals surface area contributed by atoms with Gasteiger partial charge in [0.25, 0.3) is 0 Å². The highest BCUT2D eigenvalue weighted by Crippen LogP contribution is 2.43. The van der Waals surface area contributed by atoms with Gasteiger partial charge in [0.1, 0.15) is 12.7 Å². The molecule has 5 atom stereocenters. The van der Waals surface area contributed by atoms with Crippen LogP contribution in [0, 0.1) is 5.92 Å². The van der Waals surface area contributed by atoms with Gasteiger partial charge in [-0.25, -0.2) is 4.57 Å². The van der Waals surface area contributed by atoms with Crippen LogP contribution in [0.5, 0.6) is 0 Å². The van der Waals surface area contributed by atoms with Gasteiger partial charge in [-0.05, 0) is 44.4 Å². The molecule has 0 aromatic heterocycles. The molecule has 0 aromatic rings. The van der Waals surface area contributed by atoms with Crippen molar-refractivity contribution in [3.63, 3.8) is 0 Å². The molecule has 55 heavy (non-hydrogen) atoms. The first kappa shape index (κ1) is 51.7. The van der Waals surface area contributed by atoms with Gasteiger partial charge in [-0.15, -0.1) is 0 Å². The second-order valence-electron chi connectivity index (χ2n) is 15.9. The largest absolute Gasteiger partial charge is 0.472 e. The fraction of sp³-hybridized carbons (Fsp3) is 0.907. The maximum atomic E-state index is 12.6. The smallest absolute Gasteiger partial charge is 0.462 e. The van der Waals surface area contributed by atoms with Crippen LogP contribution in [0.4, 0.5) is 0 Å². The van der Waals surface area contributed by atoms with Crippen LogP contribution in [-0.4, -0.2) is 77.9 Å². The van der Waals surface area contributed by atoms with E-state index in [1.165, 1.54) is 89.9 Å². The number of epoxide rings is 1. The number of hydrogen-bond donors (Lipinski definition) is 3. The lowest BCUT2D eigenvalue weighted by Crippen LogP contribution is -2.29. The van der Waals surface area contributed by atoms with Crippen molar-refractivity contribution in [3.05, 3.63) is 12.2 Å². The van der Waals surface area contributed by atoms with Crippen molar-refractivity contribution in [2.75, 3.05) is 26.4 Å². The Kier molecular flexibility index (Phi) is 32.6. The van der Waals surface area contributed by atoms with E-state index in [4.69, 9.17) is 28.4 Å². The molecule has 1 heterocycles. The summed E-state index contributed by atoms with van der Waals surface area (Å²) in [4.78, 5) is 35.0. The van der Waals surface area contributed by atoms with Gasteiger partial charge < -0.3 is 29.3 Å². The topological polar surface area (TPSA) is 161 Å². The number of unbranched alkanes of at least 4 members (excludes halogenated alkanes) is 19. The molecular weight excluding hydrogens is 723 g/mol. The molecule has 1 rings (SSSR count). The van der Waals surface area contributed by atoms with E-state index >= 15 is 0 Å². The average Bonchev–Trinajstić information content (AvgIpc) is 3.91. The summed E-state index contributed by atoms with van der Waals surface area (Å²) in [5.41, 5.74) is 0. The molecule has 1 saturated heterocycles. The molecule has 3 N–H and O–H groups in total. The second-order valence-corrected chi connectivity index (χ2v) is 17.4. The Balaban J connectivity index is 2.23. The van der Waals surface area contributed by atoms with Crippen molar-refractivity contribution in [2.45, 2.75) is 219 Å². The summed E-state index contributed by atoms with van der Waals surface area (Å²) in [7, 11) is -4.62. The van der Waals surface area contributed by atoms with Crippen LogP contribution in [-0.2, 0) is 37.4 Å². The first-order chi connectivity index (χ1) is 26.6. The number of phosphoric acid groups is 1. The van der Waals surface area contributed by atoms with Crippen molar-refractivity contribution >= 4 is 19.8 Å². The van der Waals surface area contributed by atoms with E-state index in [0.717, 1.165) is 63.7 Å². The average molecular weight is 805 g/mol. The summed E-state index contributed by atoms with van der Waals surface area (Å²) >= 11 is 0. The quantitative estimate of drug-likeness (QED) is 0.0178. The molecule has 1 aliphatic heterocycles. The lowest BCUT2D eigenvalue weighted by molar-refractivity contribution is -0.161. The van der Waals surface area contributed by atoms with E-state index in [2.05, 4.69) is 32.9 Å². The monoisotopic (exact) mass is 805 g/mol. The van der Waals surface area contributed by atoms with Crippen LogP contribution in [0.25, 0.3) is 0 Å². The minimum absolute atomic E-state index is 0.166. The van der Waals surface area contributed by atoms with E-state index < -0.39 is 51.8 Å². The van der Waals surface area contributed by atoms with Crippen LogP contribution >= 0.6 is 7.82 Å². The van der Waals surface area contributed by atoms with Crippen LogP contribution in [0.1, 0.15) is 194 Å². The second kappa shape index (κ2) is 34.7. The summed E-state index contributed by atoms with van der Waals surface area (Å²) in [5.74, 6) is -0.123. The molecule has 12 heteroatoms. The van der Waals surface area contributed by atoms with Crippen molar-refractivity contribution in [3.8, 4) is 0 Å². The van der Waals surface area contributed by atoms with E-state index in [9.17, 15) is 24.2 Å². The predicted octanol–water partition coefficient (Wildman–Crippen LogP) is 10.5. The minimum atomic E-state index is -4.62. The Morgan fingerprint density at radius 1 is 0.691 bits per heavy atom. The zero-order chi connectivity index (χ0) is 40.4. The van der Waals surface area contributed by atoms with Gasteiger partial charge in [0.2, 0.25) is 0 Å². The number of carbonyl (C=O) groups is 2. The molecule has 0 amide bonds. The van der Waals surface area contributed by atoms with Crippen molar-refractivity contribution in [1.29, 1.82) is 0 Å². The van der Waals surface area contributed by atoms with E-state index in [0.29, 0.717) is 25.0 Å². The molecule has 0 saturated carbocycles. The highest BCUT2D eigenvalue weighted by atomic mass is 31.2. The summed E-state index contributed by atoms with van der Waals surface area (Å²) in [6.45, 7) is 4.68. The SMILES string of the molecule is CCCCCC1OC1C/C=C\CCCCCCCC(=O)O[C@H](COC(=O)CCCCCCCCCCCCCCCC(C)C)COP(=O)(O)OC[C@@H](O)CO. The van der Waals surface area contributed by atoms with Gasteiger partial charge in [-0.1, -0.05) is 155 Å². The summed E-state index contributed by atoms with van der Waals surface area (Å²) in [6.07, 6.45) is 32.1. The van der Waals surface area contributed by atoms with Crippen LogP contribution in [0.3, 0.4) is 0 Å². The highest BCUT2D eigenvalue weighted by molar-refractivity contribution is 7.47. The van der Waals surface area contributed by atoms with Gasteiger partial charge in [-0.2, -0.15) is 0 Å². The Hall–Kier alpha value is -1.33. The third kappa shape index (κ3) is 33.4.